The molecule has 0 radical (unpaired) electrons. The third-order valence-corrected chi connectivity index (χ3v) is 5.55. The van der Waals surface area contributed by atoms with Crippen LogP contribution in [0.15, 0.2) is 23.7 Å². The van der Waals surface area contributed by atoms with Gasteiger partial charge in [0.05, 0.1) is 17.8 Å². The number of nitrogens with zero attached hydrogens (tertiary/aromatic N) is 4. The number of amides is 1. The Bertz CT molecular complexity index is 715. The summed E-state index contributed by atoms with van der Waals surface area (Å²) in [4.78, 5) is 25.9. The minimum absolute atomic E-state index is 0.112. The van der Waals surface area contributed by atoms with Crippen molar-refractivity contribution in [1.82, 2.24) is 20.2 Å². The van der Waals surface area contributed by atoms with Crippen molar-refractivity contribution in [3.8, 4) is 0 Å². The number of piperazine rings is 1. The molecular formula is C18H25N5OS. The minimum atomic E-state index is -0.112. The Balaban J connectivity index is 1.57. The van der Waals surface area contributed by atoms with Gasteiger partial charge < -0.3 is 15.1 Å². The first kappa shape index (κ1) is 17.8. The molecular weight excluding hydrogens is 334 g/mol. The van der Waals surface area contributed by atoms with Crippen molar-refractivity contribution < 1.29 is 4.79 Å². The Kier molecular flexibility index (Phi) is 5.65. The number of aromatic nitrogens is 2. The Morgan fingerprint density at radius 2 is 2.24 bits per heavy atom. The van der Waals surface area contributed by atoms with E-state index in [0.717, 1.165) is 42.6 Å². The van der Waals surface area contributed by atoms with Crippen molar-refractivity contribution in [2.75, 3.05) is 31.6 Å². The lowest BCUT2D eigenvalue weighted by molar-refractivity contribution is 0.0950. The second kappa shape index (κ2) is 7.93. The molecule has 1 saturated heterocycles. The van der Waals surface area contributed by atoms with Crippen molar-refractivity contribution in [2.24, 2.45) is 0 Å². The number of nitrogens with one attached hydrogen (secondary N) is 1. The average Bonchev–Trinajstić information content (AvgIpc) is 3.10. The van der Waals surface area contributed by atoms with E-state index in [1.165, 1.54) is 0 Å². The van der Waals surface area contributed by atoms with Crippen LogP contribution < -0.4 is 10.2 Å². The quantitative estimate of drug-likeness (QED) is 0.887. The molecule has 2 aromatic heterocycles. The molecule has 1 aliphatic rings. The Morgan fingerprint density at radius 1 is 1.40 bits per heavy atom. The zero-order valence-electron chi connectivity index (χ0n) is 15.0. The van der Waals surface area contributed by atoms with Crippen LogP contribution >= 0.6 is 11.3 Å². The number of carbonyl (C=O) groups excluding carboxylic acids is 1. The molecule has 0 spiro atoms. The highest BCUT2D eigenvalue weighted by atomic mass is 32.1. The van der Waals surface area contributed by atoms with Gasteiger partial charge in [0, 0.05) is 37.3 Å². The van der Waals surface area contributed by atoms with Gasteiger partial charge >= 0.3 is 0 Å². The molecule has 1 fully saturated rings. The van der Waals surface area contributed by atoms with Gasteiger partial charge in [-0.25, -0.2) is 9.97 Å². The maximum absolute atomic E-state index is 12.3. The molecule has 0 unspecified atom stereocenters. The molecule has 2 aromatic rings. The van der Waals surface area contributed by atoms with Crippen molar-refractivity contribution in [3.05, 3.63) is 40.0 Å². The van der Waals surface area contributed by atoms with E-state index < -0.39 is 0 Å². The van der Waals surface area contributed by atoms with Crippen LogP contribution in [-0.4, -0.2) is 53.5 Å². The van der Waals surface area contributed by atoms with E-state index in [-0.39, 0.29) is 5.91 Å². The van der Waals surface area contributed by atoms with Gasteiger partial charge in [-0.1, -0.05) is 6.92 Å². The molecule has 1 N–H and O–H groups in total. The molecule has 3 heterocycles. The maximum Gasteiger partial charge on any atom is 0.253 e. The standard InChI is InChI=1S/C18H25N5OS/c1-4-15-12-25-17(21-15)10-20-18(24)14-5-6-16(19-9-14)23-8-7-22(3)13(2)11-23/h5-6,9,12-13H,4,7-8,10-11H2,1-3H3,(H,20,24)/t13-/m1/s1. The predicted molar refractivity (Wildman–Crippen MR) is 101 cm³/mol. The first-order chi connectivity index (χ1) is 12.1. The highest BCUT2D eigenvalue weighted by Gasteiger charge is 2.21. The Hall–Kier alpha value is -1.99. The summed E-state index contributed by atoms with van der Waals surface area (Å²) >= 11 is 1.58. The lowest BCUT2D eigenvalue weighted by Gasteiger charge is -2.38. The number of pyridine rings is 1. The number of carbonyl (C=O) groups is 1. The number of anilines is 1. The normalized spacial score (nSPS) is 18.4. The van der Waals surface area contributed by atoms with E-state index in [0.29, 0.717) is 18.2 Å². The first-order valence-corrected chi connectivity index (χ1v) is 9.57. The highest BCUT2D eigenvalue weighted by Crippen LogP contribution is 2.16. The molecule has 1 atom stereocenters. The topological polar surface area (TPSA) is 61.4 Å². The number of thiazole rings is 1. The van der Waals surface area contributed by atoms with E-state index >= 15 is 0 Å². The molecule has 1 aliphatic heterocycles. The summed E-state index contributed by atoms with van der Waals surface area (Å²) in [6.45, 7) is 7.70. The number of hydrogen-bond donors (Lipinski definition) is 1. The molecule has 134 valence electrons. The fourth-order valence-corrected chi connectivity index (χ4v) is 3.63. The lowest BCUT2D eigenvalue weighted by atomic mass is 10.2. The van der Waals surface area contributed by atoms with E-state index in [1.807, 2.05) is 17.5 Å². The fraction of sp³-hybridized carbons (Fsp3) is 0.500. The van der Waals surface area contributed by atoms with E-state index in [4.69, 9.17) is 0 Å². The van der Waals surface area contributed by atoms with E-state index in [9.17, 15) is 4.79 Å². The molecule has 7 heteroatoms. The van der Waals surface area contributed by atoms with Gasteiger partial charge in [-0.15, -0.1) is 11.3 Å². The third-order valence-electron chi connectivity index (χ3n) is 4.66. The van der Waals surface area contributed by atoms with Gasteiger partial charge in [0.2, 0.25) is 0 Å². The van der Waals surface area contributed by atoms with Crippen molar-refractivity contribution in [1.29, 1.82) is 0 Å². The van der Waals surface area contributed by atoms with Crippen LogP contribution in [0.2, 0.25) is 0 Å². The molecule has 0 aromatic carbocycles. The van der Waals surface area contributed by atoms with Gasteiger partial charge in [0.15, 0.2) is 0 Å². The first-order valence-electron chi connectivity index (χ1n) is 8.69. The smallest absolute Gasteiger partial charge is 0.253 e. The molecule has 0 saturated carbocycles. The number of rotatable bonds is 5. The molecule has 6 nitrogen and oxygen atoms in total. The molecule has 0 bridgehead atoms. The number of hydrogen-bond acceptors (Lipinski definition) is 6. The van der Waals surface area contributed by atoms with Gasteiger partial charge in [-0.05, 0) is 32.5 Å². The van der Waals surface area contributed by atoms with E-state index in [1.54, 1.807) is 17.5 Å². The molecule has 3 rings (SSSR count). The average molecular weight is 359 g/mol. The van der Waals surface area contributed by atoms with Crippen LogP contribution in [0, 0.1) is 0 Å². The predicted octanol–water partition coefficient (Wildman–Crippen LogP) is 2.17. The zero-order chi connectivity index (χ0) is 17.8. The summed E-state index contributed by atoms with van der Waals surface area (Å²) in [5, 5.41) is 5.88. The van der Waals surface area contributed by atoms with Crippen LogP contribution in [0.4, 0.5) is 5.82 Å². The lowest BCUT2D eigenvalue weighted by Crippen LogP contribution is -2.50. The largest absolute Gasteiger partial charge is 0.354 e. The summed E-state index contributed by atoms with van der Waals surface area (Å²) < 4.78 is 0. The molecule has 1 amide bonds. The Labute approximate surface area is 152 Å². The van der Waals surface area contributed by atoms with Gasteiger partial charge in [0.1, 0.15) is 10.8 Å². The summed E-state index contributed by atoms with van der Waals surface area (Å²) in [5.41, 5.74) is 1.65. The van der Waals surface area contributed by atoms with Crippen molar-refractivity contribution in [3.63, 3.8) is 0 Å². The summed E-state index contributed by atoms with van der Waals surface area (Å²) in [5.74, 6) is 0.822. The highest BCUT2D eigenvalue weighted by molar-refractivity contribution is 7.09. The van der Waals surface area contributed by atoms with Crippen LogP contribution in [-0.2, 0) is 13.0 Å². The van der Waals surface area contributed by atoms with Crippen molar-refractivity contribution >= 4 is 23.1 Å². The third kappa shape index (κ3) is 4.35. The number of aryl methyl sites for hydroxylation is 1. The van der Waals surface area contributed by atoms with Crippen LogP contribution in [0.3, 0.4) is 0 Å². The van der Waals surface area contributed by atoms with Crippen LogP contribution in [0.5, 0.6) is 0 Å². The minimum Gasteiger partial charge on any atom is -0.354 e. The van der Waals surface area contributed by atoms with Crippen LogP contribution in [0.25, 0.3) is 0 Å². The Morgan fingerprint density at radius 3 is 2.88 bits per heavy atom. The molecule has 25 heavy (non-hydrogen) atoms. The van der Waals surface area contributed by atoms with Crippen LogP contribution in [0.1, 0.15) is 34.9 Å². The zero-order valence-corrected chi connectivity index (χ0v) is 15.8. The fourth-order valence-electron chi connectivity index (χ4n) is 2.81. The van der Waals surface area contributed by atoms with E-state index in [2.05, 4.69) is 46.0 Å². The summed E-state index contributed by atoms with van der Waals surface area (Å²) in [7, 11) is 2.15. The molecule has 0 aliphatic carbocycles. The maximum atomic E-state index is 12.3. The van der Waals surface area contributed by atoms with Gasteiger partial charge in [-0.2, -0.15) is 0 Å². The summed E-state index contributed by atoms with van der Waals surface area (Å²) in [6.07, 6.45) is 2.58. The van der Waals surface area contributed by atoms with Gasteiger partial charge in [0.25, 0.3) is 5.91 Å². The second-order valence-electron chi connectivity index (χ2n) is 6.45. The number of likely N-dealkylation sites (N-methyl/N-ethyl adjacent to an activating group) is 1. The van der Waals surface area contributed by atoms with Gasteiger partial charge in [-0.3, -0.25) is 4.79 Å². The second-order valence-corrected chi connectivity index (χ2v) is 7.39. The summed E-state index contributed by atoms with van der Waals surface area (Å²) in [6, 6.07) is 4.29. The SMILES string of the molecule is CCc1csc(CNC(=O)c2ccc(N3CCN(C)[C@H](C)C3)nc2)n1. The van der Waals surface area contributed by atoms with Crippen molar-refractivity contribution in [2.45, 2.75) is 32.9 Å². The monoisotopic (exact) mass is 359 g/mol.